The summed E-state index contributed by atoms with van der Waals surface area (Å²) < 4.78 is 0. The topological polar surface area (TPSA) is 108 Å². The maximum atomic E-state index is 9.93. The average molecular weight is 265 g/mol. The van der Waals surface area contributed by atoms with E-state index in [9.17, 15) is 5.11 Å². The Balaban J connectivity index is 2.24. The number of amidine groups is 1. The van der Waals surface area contributed by atoms with Gasteiger partial charge in [0.05, 0.1) is 5.60 Å². The molecule has 1 fully saturated rings. The van der Waals surface area contributed by atoms with Crippen LogP contribution in [-0.2, 0) is 0 Å². The second kappa shape index (κ2) is 5.00. The van der Waals surface area contributed by atoms with Crippen molar-refractivity contribution in [1.82, 2.24) is 9.97 Å². The van der Waals surface area contributed by atoms with Crippen molar-refractivity contribution < 1.29 is 10.3 Å². The molecule has 1 saturated heterocycles. The summed E-state index contributed by atoms with van der Waals surface area (Å²) in [6.45, 7) is 5.04. The predicted molar refractivity (Wildman–Crippen MR) is 71.4 cm³/mol. The fraction of sp³-hybridized carbons (Fsp3) is 0.583. The van der Waals surface area contributed by atoms with E-state index >= 15 is 0 Å². The number of hydrogen-bond donors (Lipinski definition) is 3. The Kier molecular flexibility index (Phi) is 3.57. The van der Waals surface area contributed by atoms with Gasteiger partial charge in [0, 0.05) is 18.8 Å². The quantitative estimate of drug-likeness (QED) is 0.306. The van der Waals surface area contributed by atoms with E-state index in [4.69, 9.17) is 10.9 Å². The maximum Gasteiger partial charge on any atom is 0.226 e. The first-order chi connectivity index (χ1) is 8.91. The van der Waals surface area contributed by atoms with Crippen molar-refractivity contribution in [2.45, 2.75) is 32.3 Å². The van der Waals surface area contributed by atoms with E-state index in [0.717, 1.165) is 5.69 Å². The highest BCUT2D eigenvalue weighted by Crippen LogP contribution is 2.24. The molecule has 1 aliphatic rings. The molecule has 0 bridgehead atoms. The average Bonchev–Trinajstić information content (AvgIpc) is 2.37. The van der Waals surface area contributed by atoms with Crippen LogP contribution in [0.2, 0.25) is 0 Å². The van der Waals surface area contributed by atoms with Crippen molar-refractivity contribution in [3.63, 3.8) is 0 Å². The molecule has 19 heavy (non-hydrogen) atoms. The molecular formula is C12H19N5O2. The molecule has 0 atom stereocenters. The first kappa shape index (κ1) is 13.5. The van der Waals surface area contributed by atoms with Crippen molar-refractivity contribution in [2.24, 2.45) is 10.9 Å². The normalized spacial score (nSPS) is 19.5. The van der Waals surface area contributed by atoms with Crippen LogP contribution in [0.15, 0.2) is 11.2 Å². The van der Waals surface area contributed by atoms with Crippen LogP contribution in [-0.4, -0.2) is 44.8 Å². The molecule has 0 unspecified atom stereocenters. The van der Waals surface area contributed by atoms with Crippen molar-refractivity contribution >= 4 is 11.8 Å². The number of nitrogens with zero attached hydrogens (tertiary/aromatic N) is 4. The number of aryl methyl sites for hydroxylation is 1. The zero-order valence-corrected chi connectivity index (χ0v) is 11.2. The molecule has 0 amide bonds. The predicted octanol–water partition coefficient (Wildman–Crippen LogP) is 0.231. The molecule has 1 aliphatic heterocycles. The summed E-state index contributed by atoms with van der Waals surface area (Å²) in [6.07, 6.45) is 1.34. The highest BCUT2D eigenvalue weighted by atomic mass is 16.4. The fourth-order valence-electron chi connectivity index (χ4n) is 2.07. The third-order valence-corrected chi connectivity index (χ3v) is 3.34. The third-order valence-electron chi connectivity index (χ3n) is 3.34. The van der Waals surface area contributed by atoms with E-state index in [2.05, 4.69) is 15.1 Å². The molecule has 0 aliphatic carbocycles. The number of piperidine rings is 1. The molecule has 0 radical (unpaired) electrons. The Labute approximate surface area is 111 Å². The number of oxime groups is 1. The highest BCUT2D eigenvalue weighted by Gasteiger charge is 2.28. The van der Waals surface area contributed by atoms with Crippen LogP contribution in [0.1, 0.15) is 31.2 Å². The lowest BCUT2D eigenvalue weighted by atomic mass is 9.94. The molecule has 4 N–H and O–H groups in total. The molecule has 1 aromatic rings. The largest absolute Gasteiger partial charge is 0.409 e. The molecule has 104 valence electrons. The molecule has 2 rings (SSSR count). The SMILES string of the molecule is Cc1cc(/C(N)=N/O)nc(N2CCC(C)(O)CC2)n1. The Morgan fingerprint density at radius 1 is 1.42 bits per heavy atom. The van der Waals surface area contributed by atoms with Crippen LogP contribution in [0.3, 0.4) is 0 Å². The van der Waals surface area contributed by atoms with E-state index in [1.807, 2.05) is 18.7 Å². The highest BCUT2D eigenvalue weighted by molar-refractivity contribution is 5.95. The fourth-order valence-corrected chi connectivity index (χ4v) is 2.07. The summed E-state index contributed by atoms with van der Waals surface area (Å²) in [7, 11) is 0. The summed E-state index contributed by atoms with van der Waals surface area (Å²) in [5.74, 6) is 0.521. The van der Waals surface area contributed by atoms with Crippen molar-refractivity contribution in [3.8, 4) is 0 Å². The Morgan fingerprint density at radius 2 is 2.05 bits per heavy atom. The van der Waals surface area contributed by atoms with Crippen LogP contribution in [0.25, 0.3) is 0 Å². The number of aromatic nitrogens is 2. The smallest absolute Gasteiger partial charge is 0.226 e. The minimum atomic E-state index is -0.616. The van der Waals surface area contributed by atoms with Gasteiger partial charge in [0.2, 0.25) is 5.95 Å². The zero-order chi connectivity index (χ0) is 14.0. The number of nitrogens with two attached hydrogens (primary N) is 1. The van der Waals surface area contributed by atoms with Gasteiger partial charge in [0.15, 0.2) is 5.84 Å². The lowest BCUT2D eigenvalue weighted by molar-refractivity contribution is 0.0349. The van der Waals surface area contributed by atoms with Gasteiger partial charge in [-0.2, -0.15) is 0 Å². The van der Waals surface area contributed by atoms with Crippen LogP contribution >= 0.6 is 0 Å². The zero-order valence-electron chi connectivity index (χ0n) is 11.2. The van der Waals surface area contributed by atoms with Gasteiger partial charge in [-0.15, -0.1) is 0 Å². The number of rotatable bonds is 2. The third kappa shape index (κ3) is 3.11. The lowest BCUT2D eigenvalue weighted by Crippen LogP contribution is -2.43. The second-order valence-electron chi connectivity index (χ2n) is 5.16. The van der Waals surface area contributed by atoms with E-state index in [1.165, 1.54) is 0 Å². The molecular weight excluding hydrogens is 246 g/mol. The van der Waals surface area contributed by atoms with Gasteiger partial charge in [0.25, 0.3) is 0 Å². The lowest BCUT2D eigenvalue weighted by Gasteiger charge is -2.35. The minimum absolute atomic E-state index is 0.0317. The van der Waals surface area contributed by atoms with Crippen LogP contribution in [0, 0.1) is 6.92 Å². The van der Waals surface area contributed by atoms with Gasteiger partial charge in [-0.05, 0) is 32.8 Å². The number of hydrogen-bond acceptors (Lipinski definition) is 6. The summed E-state index contributed by atoms with van der Waals surface area (Å²) in [5, 5.41) is 21.6. The van der Waals surface area contributed by atoms with E-state index in [0.29, 0.717) is 37.6 Å². The first-order valence-electron chi connectivity index (χ1n) is 6.22. The van der Waals surface area contributed by atoms with Gasteiger partial charge >= 0.3 is 0 Å². The van der Waals surface area contributed by atoms with Gasteiger partial charge < -0.3 is 20.9 Å². The summed E-state index contributed by atoms with van der Waals surface area (Å²) in [5.41, 5.74) is 6.10. The van der Waals surface area contributed by atoms with Crippen molar-refractivity contribution in [2.75, 3.05) is 18.0 Å². The van der Waals surface area contributed by atoms with Crippen molar-refractivity contribution in [3.05, 3.63) is 17.5 Å². The number of aliphatic hydroxyl groups is 1. The van der Waals surface area contributed by atoms with E-state index < -0.39 is 5.60 Å². The molecule has 7 nitrogen and oxygen atoms in total. The second-order valence-corrected chi connectivity index (χ2v) is 5.16. The molecule has 7 heteroatoms. The number of anilines is 1. The van der Waals surface area contributed by atoms with E-state index in [1.54, 1.807) is 6.07 Å². The standard InChI is InChI=1S/C12H19N5O2/c1-8-7-9(10(13)16-19)15-11(14-8)17-5-3-12(2,18)4-6-17/h7,18-19H,3-6H2,1-2H3,(H2,13,16). The summed E-state index contributed by atoms with van der Waals surface area (Å²) >= 11 is 0. The van der Waals surface area contributed by atoms with Gasteiger partial charge in [-0.3, -0.25) is 0 Å². The van der Waals surface area contributed by atoms with Gasteiger partial charge in [-0.25, -0.2) is 9.97 Å². The molecule has 0 saturated carbocycles. The van der Waals surface area contributed by atoms with Gasteiger partial charge in [0.1, 0.15) is 5.69 Å². The first-order valence-corrected chi connectivity index (χ1v) is 6.22. The van der Waals surface area contributed by atoms with Crippen LogP contribution in [0.5, 0.6) is 0 Å². The molecule has 2 heterocycles. The maximum absolute atomic E-state index is 9.93. The molecule has 0 spiro atoms. The monoisotopic (exact) mass is 265 g/mol. The Bertz CT molecular complexity index is 491. The van der Waals surface area contributed by atoms with Crippen LogP contribution in [0.4, 0.5) is 5.95 Å². The molecule has 0 aromatic carbocycles. The summed E-state index contributed by atoms with van der Waals surface area (Å²) in [6, 6.07) is 1.67. The minimum Gasteiger partial charge on any atom is -0.409 e. The van der Waals surface area contributed by atoms with Gasteiger partial charge in [-0.1, -0.05) is 5.16 Å². The Hall–Kier alpha value is -1.89. The summed E-state index contributed by atoms with van der Waals surface area (Å²) in [4.78, 5) is 10.7. The van der Waals surface area contributed by atoms with E-state index in [-0.39, 0.29) is 5.84 Å². The van der Waals surface area contributed by atoms with Crippen LogP contribution < -0.4 is 10.6 Å². The molecule has 1 aromatic heterocycles. The Morgan fingerprint density at radius 3 is 2.63 bits per heavy atom. The van der Waals surface area contributed by atoms with Crippen molar-refractivity contribution in [1.29, 1.82) is 0 Å².